The second-order valence-electron chi connectivity index (χ2n) is 7.56. The Morgan fingerprint density at radius 2 is 1.83 bits per heavy atom. The normalized spacial score (nSPS) is 21.7. The van der Waals surface area contributed by atoms with Crippen LogP contribution in [0.15, 0.2) is 0 Å². The van der Waals surface area contributed by atoms with Crippen LogP contribution >= 0.6 is 0 Å². The van der Waals surface area contributed by atoms with Crippen molar-refractivity contribution >= 4 is 5.91 Å². The number of carbonyl (C=O) groups excluding carboxylic acids is 1. The molecule has 1 unspecified atom stereocenters. The first-order chi connectivity index (χ1) is 10.8. The predicted octanol–water partition coefficient (Wildman–Crippen LogP) is 1.95. The Morgan fingerprint density at radius 3 is 2.35 bits per heavy atom. The lowest BCUT2D eigenvalue weighted by molar-refractivity contribution is -0.125. The summed E-state index contributed by atoms with van der Waals surface area (Å²) < 4.78 is 0. The summed E-state index contributed by atoms with van der Waals surface area (Å²) in [5.74, 6) is 0.570. The molecule has 0 spiro atoms. The molecule has 1 saturated carbocycles. The molecule has 0 aromatic rings. The Labute approximate surface area is 141 Å². The van der Waals surface area contributed by atoms with Crippen LogP contribution in [-0.2, 0) is 4.79 Å². The molecule has 1 fully saturated rings. The van der Waals surface area contributed by atoms with Gasteiger partial charge in [0, 0.05) is 0 Å². The lowest BCUT2D eigenvalue weighted by Crippen LogP contribution is -2.53. The zero-order valence-corrected chi connectivity index (χ0v) is 15.0. The van der Waals surface area contributed by atoms with Gasteiger partial charge in [-0.2, -0.15) is 0 Å². The summed E-state index contributed by atoms with van der Waals surface area (Å²) in [5.41, 5.74) is 5.80. The van der Waals surface area contributed by atoms with E-state index in [4.69, 9.17) is 5.73 Å². The fraction of sp³-hybridized carbons (Fsp3) is 0.944. The summed E-state index contributed by atoms with van der Waals surface area (Å²) in [6.45, 7) is 5.89. The molecule has 1 aliphatic rings. The van der Waals surface area contributed by atoms with Crippen molar-refractivity contribution in [2.75, 3.05) is 0 Å². The van der Waals surface area contributed by atoms with Gasteiger partial charge >= 0.3 is 0 Å². The molecule has 4 atom stereocenters. The minimum atomic E-state index is -0.938. The van der Waals surface area contributed by atoms with Crippen molar-refractivity contribution in [2.45, 2.75) is 96.4 Å². The lowest BCUT2D eigenvalue weighted by Gasteiger charge is -2.33. The second kappa shape index (κ2) is 10.3. The van der Waals surface area contributed by atoms with Crippen molar-refractivity contribution < 1.29 is 15.0 Å². The van der Waals surface area contributed by atoms with E-state index in [9.17, 15) is 15.0 Å². The van der Waals surface area contributed by atoms with Crippen molar-refractivity contribution in [3.05, 3.63) is 0 Å². The fourth-order valence-electron chi connectivity index (χ4n) is 3.43. The van der Waals surface area contributed by atoms with Crippen LogP contribution in [0.4, 0.5) is 0 Å². The fourth-order valence-corrected chi connectivity index (χ4v) is 3.43. The maximum Gasteiger partial charge on any atom is 0.237 e. The molecule has 1 amide bonds. The summed E-state index contributed by atoms with van der Waals surface area (Å²) in [7, 11) is 0. The van der Waals surface area contributed by atoms with Crippen molar-refractivity contribution in [3.8, 4) is 0 Å². The van der Waals surface area contributed by atoms with Gasteiger partial charge in [0.25, 0.3) is 0 Å². The van der Waals surface area contributed by atoms with Crippen LogP contribution in [0.3, 0.4) is 0 Å². The number of hydrogen-bond acceptors (Lipinski definition) is 4. The number of nitrogens with one attached hydrogen (secondary N) is 1. The number of aliphatic hydroxyl groups is 2. The molecule has 0 saturated heterocycles. The first-order valence-corrected chi connectivity index (χ1v) is 9.27. The van der Waals surface area contributed by atoms with E-state index in [1.165, 1.54) is 19.3 Å². The topological polar surface area (TPSA) is 95.6 Å². The van der Waals surface area contributed by atoms with Gasteiger partial charge in [0.2, 0.25) is 5.91 Å². The zero-order chi connectivity index (χ0) is 17.4. The first-order valence-electron chi connectivity index (χ1n) is 9.27. The quantitative estimate of drug-likeness (QED) is 0.520. The number of hydrogen-bond donors (Lipinski definition) is 4. The molecule has 1 aliphatic carbocycles. The molecule has 5 N–H and O–H groups in total. The summed E-state index contributed by atoms with van der Waals surface area (Å²) in [5, 5.41) is 23.7. The standard InChI is InChI=1S/C18H36N2O3/c1-4-14(19)18(23)20-15(11-13-8-6-5-7-9-13)17(22)16(21)10-12(2)3/h12-17,21-22H,4-11,19H2,1-3H3,(H,20,23)/t14-,15-,16?,17+/m0/s1. The zero-order valence-electron chi connectivity index (χ0n) is 15.0. The average molecular weight is 328 g/mol. The molecule has 0 aromatic carbocycles. The summed E-state index contributed by atoms with van der Waals surface area (Å²) >= 11 is 0. The lowest BCUT2D eigenvalue weighted by atomic mass is 9.82. The van der Waals surface area contributed by atoms with Gasteiger partial charge in [-0.05, 0) is 31.1 Å². The molecule has 0 bridgehead atoms. The molecule has 1 rings (SSSR count). The third-order valence-electron chi connectivity index (χ3n) is 4.94. The largest absolute Gasteiger partial charge is 0.390 e. The van der Waals surface area contributed by atoms with Crippen molar-refractivity contribution in [1.29, 1.82) is 0 Å². The van der Waals surface area contributed by atoms with Crippen LogP contribution in [0.1, 0.15) is 72.1 Å². The van der Waals surface area contributed by atoms with Crippen LogP contribution in [0.2, 0.25) is 0 Å². The third-order valence-corrected chi connectivity index (χ3v) is 4.94. The number of carbonyl (C=O) groups is 1. The molecular formula is C18H36N2O3. The highest BCUT2D eigenvalue weighted by Crippen LogP contribution is 2.28. The number of rotatable bonds is 9. The summed E-state index contributed by atoms with van der Waals surface area (Å²) in [6, 6.07) is -0.977. The highest BCUT2D eigenvalue weighted by molar-refractivity contribution is 5.81. The van der Waals surface area contributed by atoms with Crippen LogP contribution in [0.25, 0.3) is 0 Å². The van der Waals surface area contributed by atoms with Crippen LogP contribution in [0.5, 0.6) is 0 Å². The van der Waals surface area contributed by atoms with E-state index < -0.39 is 24.3 Å². The predicted molar refractivity (Wildman–Crippen MR) is 92.9 cm³/mol. The van der Waals surface area contributed by atoms with Crippen LogP contribution < -0.4 is 11.1 Å². The van der Waals surface area contributed by atoms with E-state index in [-0.39, 0.29) is 5.91 Å². The van der Waals surface area contributed by atoms with E-state index in [1.807, 2.05) is 20.8 Å². The molecule has 0 aromatic heterocycles. The number of amides is 1. The van der Waals surface area contributed by atoms with Gasteiger partial charge in [-0.25, -0.2) is 0 Å². The van der Waals surface area contributed by atoms with Gasteiger partial charge < -0.3 is 21.3 Å². The summed E-state index contributed by atoms with van der Waals surface area (Å²) in [4.78, 5) is 12.1. The van der Waals surface area contributed by atoms with Crippen molar-refractivity contribution in [2.24, 2.45) is 17.6 Å². The van der Waals surface area contributed by atoms with Gasteiger partial charge in [-0.1, -0.05) is 52.9 Å². The third kappa shape index (κ3) is 7.19. The maximum atomic E-state index is 12.1. The molecule has 0 aliphatic heterocycles. The molecule has 0 heterocycles. The Kier molecular flexibility index (Phi) is 9.10. The highest BCUT2D eigenvalue weighted by atomic mass is 16.3. The summed E-state index contributed by atoms with van der Waals surface area (Å²) in [6.07, 6.45) is 6.03. The number of aliphatic hydroxyl groups excluding tert-OH is 2. The molecule has 136 valence electrons. The Bertz CT molecular complexity index is 343. The Morgan fingerprint density at radius 1 is 1.22 bits per heavy atom. The van der Waals surface area contributed by atoms with E-state index in [2.05, 4.69) is 5.32 Å². The Hall–Kier alpha value is -0.650. The van der Waals surface area contributed by atoms with Gasteiger partial charge in [0.05, 0.1) is 18.2 Å². The van der Waals surface area contributed by atoms with E-state index in [1.54, 1.807) is 0 Å². The molecule has 0 radical (unpaired) electrons. The van der Waals surface area contributed by atoms with E-state index >= 15 is 0 Å². The monoisotopic (exact) mass is 328 g/mol. The molecular weight excluding hydrogens is 292 g/mol. The van der Waals surface area contributed by atoms with Crippen molar-refractivity contribution in [1.82, 2.24) is 5.32 Å². The van der Waals surface area contributed by atoms with E-state index in [0.29, 0.717) is 24.7 Å². The smallest absolute Gasteiger partial charge is 0.237 e. The van der Waals surface area contributed by atoms with Gasteiger partial charge in [-0.15, -0.1) is 0 Å². The SMILES string of the molecule is CC[C@H](N)C(=O)N[C@@H](CC1CCCCC1)[C@@H](O)C(O)CC(C)C. The second-order valence-corrected chi connectivity index (χ2v) is 7.56. The minimum absolute atomic E-state index is 0.232. The minimum Gasteiger partial charge on any atom is -0.390 e. The Balaban J connectivity index is 2.71. The van der Waals surface area contributed by atoms with E-state index in [0.717, 1.165) is 19.3 Å². The maximum absolute atomic E-state index is 12.1. The van der Waals surface area contributed by atoms with Gasteiger partial charge in [0.15, 0.2) is 0 Å². The van der Waals surface area contributed by atoms with Crippen LogP contribution in [-0.4, -0.2) is 40.4 Å². The highest BCUT2D eigenvalue weighted by Gasteiger charge is 2.31. The van der Waals surface area contributed by atoms with Gasteiger partial charge in [0.1, 0.15) is 6.10 Å². The first kappa shape index (κ1) is 20.4. The van der Waals surface area contributed by atoms with Gasteiger partial charge in [-0.3, -0.25) is 4.79 Å². The molecule has 5 nitrogen and oxygen atoms in total. The van der Waals surface area contributed by atoms with Crippen LogP contribution in [0, 0.1) is 11.8 Å². The average Bonchev–Trinajstić information content (AvgIpc) is 2.52. The number of nitrogens with two attached hydrogens (primary N) is 1. The molecule has 23 heavy (non-hydrogen) atoms. The van der Waals surface area contributed by atoms with Crippen molar-refractivity contribution in [3.63, 3.8) is 0 Å². The molecule has 5 heteroatoms.